The van der Waals surface area contributed by atoms with Crippen LogP contribution in [0.2, 0.25) is 0 Å². The van der Waals surface area contributed by atoms with Crippen LogP contribution < -0.4 is 5.32 Å². The highest BCUT2D eigenvalue weighted by molar-refractivity contribution is 7.17. The highest BCUT2D eigenvalue weighted by atomic mass is 32.1. The van der Waals surface area contributed by atoms with Gasteiger partial charge in [0.25, 0.3) is 5.91 Å². The molecule has 3 aromatic rings. The van der Waals surface area contributed by atoms with E-state index in [0.717, 1.165) is 35.1 Å². The minimum atomic E-state index is -0.757. The minimum absolute atomic E-state index is 0.0119. The molecule has 8 nitrogen and oxygen atoms in total. The lowest BCUT2D eigenvalue weighted by Crippen LogP contribution is -2.22. The molecule has 9 heteroatoms. The van der Waals surface area contributed by atoms with Gasteiger partial charge in [0.2, 0.25) is 5.76 Å². The molecule has 1 aliphatic rings. The van der Waals surface area contributed by atoms with Gasteiger partial charge in [-0.3, -0.25) is 4.79 Å². The summed E-state index contributed by atoms with van der Waals surface area (Å²) in [6, 6.07) is 7.23. The van der Waals surface area contributed by atoms with E-state index in [2.05, 4.69) is 5.32 Å². The second kappa shape index (κ2) is 9.54. The molecule has 0 bridgehead atoms. The van der Waals surface area contributed by atoms with Crippen LogP contribution >= 0.6 is 11.3 Å². The number of methoxy groups -OCH3 is 1. The smallest absolute Gasteiger partial charge is 0.375 e. The number of hydrogen-bond donors (Lipinski definition) is 1. The number of ether oxygens (including phenoxy) is 3. The van der Waals surface area contributed by atoms with Crippen LogP contribution in [0.4, 0.5) is 5.00 Å². The predicted octanol–water partition coefficient (Wildman–Crippen LogP) is 4.10. The third kappa shape index (κ3) is 4.26. The van der Waals surface area contributed by atoms with E-state index >= 15 is 0 Å². The van der Waals surface area contributed by atoms with Crippen molar-refractivity contribution in [2.45, 2.75) is 32.8 Å². The Kier molecular flexibility index (Phi) is 6.57. The molecule has 1 amide bonds. The van der Waals surface area contributed by atoms with Gasteiger partial charge in [-0.25, -0.2) is 9.59 Å². The number of amides is 1. The summed E-state index contributed by atoms with van der Waals surface area (Å²) >= 11 is 1.36. The molecule has 0 fully saturated rings. The second-order valence-electron chi connectivity index (χ2n) is 7.22. The first-order chi connectivity index (χ1) is 15.5. The van der Waals surface area contributed by atoms with Crippen LogP contribution in [0.5, 0.6) is 0 Å². The fourth-order valence-corrected chi connectivity index (χ4v) is 5.07. The molecule has 0 saturated heterocycles. The molecule has 0 unspecified atom stereocenters. The number of aryl methyl sites for hydroxylation is 1. The average Bonchev–Trinajstić information content (AvgIpc) is 3.48. The Bertz CT molecular complexity index is 1180. The Morgan fingerprint density at radius 2 is 1.97 bits per heavy atom. The van der Waals surface area contributed by atoms with E-state index in [9.17, 15) is 14.4 Å². The standard InChI is InChI=1S/C23H23NO7S/c1-3-29-11-15-13-7-4-5-9-16(13)31-20(15)23(27)30-12-18(25)24-21-19(22(26)28-2)14-8-6-10-17(14)32-21/h4-5,7,9H,3,6,8,10-12H2,1-2H3,(H,24,25). The molecule has 4 rings (SSSR count). The van der Waals surface area contributed by atoms with Crippen molar-refractivity contribution in [1.82, 2.24) is 0 Å². The van der Waals surface area contributed by atoms with Crippen molar-refractivity contribution in [3.05, 3.63) is 51.6 Å². The molecule has 0 radical (unpaired) electrons. The van der Waals surface area contributed by atoms with Crippen LogP contribution in [0.15, 0.2) is 28.7 Å². The zero-order chi connectivity index (χ0) is 22.7. The number of carbonyl (C=O) groups excluding carboxylic acids is 3. The van der Waals surface area contributed by atoms with Crippen molar-refractivity contribution < 1.29 is 33.0 Å². The van der Waals surface area contributed by atoms with Gasteiger partial charge in [-0.15, -0.1) is 11.3 Å². The molecular weight excluding hydrogens is 434 g/mol. The number of furan rings is 1. The van der Waals surface area contributed by atoms with Crippen molar-refractivity contribution >= 4 is 45.2 Å². The quantitative estimate of drug-likeness (QED) is 0.508. The SMILES string of the molecule is CCOCc1c(C(=O)OCC(=O)Nc2sc3c(c2C(=O)OC)CCC3)oc2ccccc12. The Hall–Kier alpha value is -3.17. The number of esters is 2. The summed E-state index contributed by atoms with van der Waals surface area (Å²) in [6.07, 6.45) is 2.61. The molecular formula is C23H23NO7S. The van der Waals surface area contributed by atoms with Crippen molar-refractivity contribution in [1.29, 1.82) is 0 Å². The molecule has 1 aliphatic carbocycles. The molecule has 168 valence electrons. The highest BCUT2D eigenvalue weighted by Gasteiger charge is 2.28. The van der Waals surface area contributed by atoms with Crippen molar-refractivity contribution in [2.75, 3.05) is 25.6 Å². The maximum atomic E-state index is 12.7. The summed E-state index contributed by atoms with van der Waals surface area (Å²) in [7, 11) is 1.31. The van der Waals surface area contributed by atoms with Crippen LogP contribution in [-0.4, -0.2) is 38.2 Å². The summed E-state index contributed by atoms with van der Waals surface area (Å²) in [5.41, 5.74) is 2.43. The first-order valence-corrected chi connectivity index (χ1v) is 11.1. The molecule has 32 heavy (non-hydrogen) atoms. The van der Waals surface area contributed by atoms with Crippen LogP contribution in [0, 0.1) is 0 Å². The minimum Gasteiger partial charge on any atom is -0.465 e. The number of rotatable bonds is 8. The summed E-state index contributed by atoms with van der Waals surface area (Å²) in [5.74, 6) is -1.78. The Labute approximate surface area is 188 Å². The predicted molar refractivity (Wildman–Crippen MR) is 118 cm³/mol. The molecule has 1 aromatic carbocycles. The van der Waals surface area contributed by atoms with Gasteiger partial charge in [0.05, 0.1) is 19.3 Å². The van der Waals surface area contributed by atoms with Gasteiger partial charge in [-0.1, -0.05) is 18.2 Å². The lowest BCUT2D eigenvalue weighted by atomic mass is 10.1. The van der Waals surface area contributed by atoms with Gasteiger partial charge in [-0.05, 0) is 37.8 Å². The number of benzene rings is 1. The first-order valence-electron chi connectivity index (χ1n) is 10.3. The maximum Gasteiger partial charge on any atom is 0.375 e. The van der Waals surface area contributed by atoms with Gasteiger partial charge < -0.3 is 23.9 Å². The van der Waals surface area contributed by atoms with E-state index in [1.165, 1.54) is 18.4 Å². The second-order valence-corrected chi connectivity index (χ2v) is 8.33. The van der Waals surface area contributed by atoms with Gasteiger partial charge in [0.15, 0.2) is 6.61 Å². The van der Waals surface area contributed by atoms with Crippen LogP contribution in [-0.2, 0) is 38.5 Å². The van der Waals surface area contributed by atoms with Gasteiger partial charge in [-0.2, -0.15) is 0 Å². The van der Waals surface area contributed by atoms with Crippen LogP contribution in [0.3, 0.4) is 0 Å². The number of anilines is 1. The molecule has 0 aliphatic heterocycles. The zero-order valence-corrected chi connectivity index (χ0v) is 18.6. The molecule has 2 heterocycles. The van der Waals surface area contributed by atoms with Crippen molar-refractivity contribution in [3.63, 3.8) is 0 Å². The van der Waals surface area contributed by atoms with Crippen LogP contribution in [0.25, 0.3) is 11.0 Å². The Morgan fingerprint density at radius 1 is 1.16 bits per heavy atom. The van der Waals surface area contributed by atoms with E-state index < -0.39 is 24.5 Å². The van der Waals surface area contributed by atoms with Crippen molar-refractivity contribution in [3.8, 4) is 0 Å². The number of hydrogen-bond acceptors (Lipinski definition) is 8. The first kappa shape index (κ1) is 22.0. The number of thiophene rings is 1. The molecule has 1 N–H and O–H groups in total. The van der Waals surface area contributed by atoms with E-state index in [-0.39, 0.29) is 12.4 Å². The summed E-state index contributed by atoms with van der Waals surface area (Å²) in [4.78, 5) is 38.4. The summed E-state index contributed by atoms with van der Waals surface area (Å²) in [5, 5.41) is 3.86. The fourth-order valence-electron chi connectivity index (χ4n) is 3.78. The summed E-state index contributed by atoms with van der Waals surface area (Å²) in [6.45, 7) is 2.00. The Balaban J connectivity index is 1.46. The molecule has 0 atom stereocenters. The normalized spacial score (nSPS) is 12.6. The third-order valence-corrected chi connectivity index (χ3v) is 6.44. The monoisotopic (exact) mass is 457 g/mol. The third-order valence-electron chi connectivity index (χ3n) is 5.23. The number of nitrogens with one attached hydrogen (secondary N) is 1. The van der Waals surface area contributed by atoms with Gasteiger partial charge >= 0.3 is 11.9 Å². The largest absolute Gasteiger partial charge is 0.465 e. The average molecular weight is 458 g/mol. The van der Waals surface area contributed by atoms with Gasteiger partial charge in [0.1, 0.15) is 10.6 Å². The van der Waals surface area contributed by atoms with Crippen molar-refractivity contribution in [2.24, 2.45) is 0 Å². The van der Waals surface area contributed by atoms with Crippen LogP contribution in [0.1, 0.15) is 50.3 Å². The van der Waals surface area contributed by atoms with E-state index in [4.69, 9.17) is 18.6 Å². The fraction of sp³-hybridized carbons (Fsp3) is 0.348. The van der Waals surface area contributed by atoms with E-state index in [1.807, 2.05) is 19.1 Å². The van der Waals surface area contributed by atoms with Gasteiger partial charge in [0, 0.05) is 22.4 Å². The maximum absolute atomic E-state index is 12.7. The van der Waals surface area contributed by atoms with E-state index in [0.29, 0.717) is 28.3 Å². The molecule has 0 saturated carbocycles. The molecule has 0 spiro atoms. The van der Waals surface area contributed by atoms with E-state index in [1.54, 1.807) is 12.1 Å². The number of fused-ring (bicyclic) bond motifs is 2. The Morgan fingerprint density at radius 3 is 2.75 bits per heavy atom. The zero-order valence-electron chi connectivity index (χ0n) is 17.8. The summed E-state index contributed by atoms with van der Waals surface area (Å²) < 4.78 is 21.2. The number of para-hydroxylation sites is 1. The molecule has 2 aromatic heterocycles. The number of carbonyl (C=O) groups is 3. The highest BCUT2D eigenvalue weighted by Crippen LogP contribution is 2.39. The lowest BCUT2D eigenvalue weighted by Gasteiger charge is -2.08. The topological polar surface area (TPSA) is 104 Å². The lowest BCUT2D eigenvalue weighted by molar-refractivity contribution is -0.119.